The number of carbonyl (C=O) groups is 3. The molecule has 2 aliphatic heterocycles. The molecule has 0 aliphatic carbocycles. The highest BCUT2D eigenvalue weighted by Crippen LogP contribution is 2.43. The highest BCUT2D eigenvalue weighted by molar-refractivity contribution is 5.87. The van der Waals surface area contributed by atoms with Gasteiger partial charge in [0.1, 0.15) is 18.4 Å². The van der Waals surface area contributed by atoms with Gasteiger partial charge >= 0.3 is 11.9 Å². The second-order valence-electron chi connectivity index (χ2n) is 6.28. The maximum absolute atomic E-state index is 12.6. The van der Waals surface area contributed by atoms with Gasteiger partial charge in [-0.15, -0.1) is 0 Å². The van der Waals surface area contributed by atoms with Crippen LogP contribution in [0.2, 0.25) is 0 Å². The molecule has 26 heavy (non-hydrogen) atoms. The van der Waals surface area contributed by atoms with Crippen molar-refractivity contribution >= 4 is 17.7 Å². The summed E-state index contributed by atoms with van der Waals surface area (Å²) in [4.78, 5) is 36.3. The standard InChI is InChI=1S/C18H21NO7/c1-9(20)26-18-14-13(12(21)8-25-18)15(19-16(14)17(22)24-3)10-4-6-11(23-2)7-5-10/h4-7,13-16,18-19H,8H2,1-3H3/t13-,14+,15-,16-,18+/m0/s1. The number of nitrogens with one attached hydrogen (secondary N) is 1. The van der Waals surface area contributed by atoms with E-state index in [0.29, 0.717) is 5.75 Å². The van der Waals surface area contributed by atoms with Crippen molar-refractivity contribution in [3.05, 3.63) is 29.8 Å². The first-order valence-electron chi connectivity index (χ1n) is 8.25. The highest BCUT2D eigenvalue weighted by Gasteiger charge is 2.57. The van der Waals surface area contributed by atoms with E-state index in [1.54, 1.807) is 19.2 Å². The van der Waals surface area contributed by atoms with Gasteiger partial charge in [-0.25, -0.2) is 0 Å². The zero-order chi connectivity index (χ0) is 18.8. The van der Waals surface area contributed by atoms with Gasteiger partial charge in [-0.3, -0.25) is 19.7 Å². The van der Waals surface area contributed by atoms with Gasteiger partial charge in [-0.1, -0.05) is 12.1 Å². The SMILES string of the molecule is COC(=O)[C@H]1N[C@@H](c2ccc(OC)cc2)[C@H]2C(=O)CO[C@H](OC(C)=O)[C@H]21. The lowest BCUT2D eigenvalue weighted by Crippen LogP contribution is -2.49. The summed E-state index contributed by atoms with van der Waals surface area (Å²) in [5, 5.41) is 3.16. The van der Waals surface area contributed by atoms with Crippen LogP contribution >= 0.6 is 0 Å². The third-order valence-electron chi connectivity index (χ3n) is 4.81. The molecule has 2 saturated heterocycles. The number of benzene rings is 1. The molecule has 2 fully saturated rings. The topological polar surface area (TPSA) is 100 Å². The maximum atomic E-state index is 12.6. The molecule has 8 nitrogen and oxygen atoms in total. The molecule has 0 saturated carbocycles. The van der Waals surface area contributed by atoms with Crippen molar-refractivity contribution in [2.75, 3.05) is 20.8 Å². The van der Waals surface area contributed by atoms with E-state index in [2.05, 4.69) is 5.32 Å². The van der Waals surface area contributed by atoms with Crippen molar-refractivity contribution in [3.63, 3.8) is 0 Å². The fourth-order valence-electron chi connectivity index (χ4n) is 3.68. The molecule has 5 atom stereocenters. The molecule has 3 rings (SSSR count). The van der Waals surface area contributed by atoms with Crippen LogP contribution in [0.3, 0.4) is 0 Å². The summed E-state index contributed by atoms with van der Waals surface area (Å²) in [6.45, 7) is 1.08. The summed E-state index contributed by atoms with van der Waals surface area (Å²) < 4.78 is 20.6. The van der Waals surface area contributed by atoms with Crippen LogP contribution in [0.5, 0.6) is 5.75 Å². The molecule has 1 aromatic rings. The number of ether oxygens (including phenoxy) is 4. The number of ketones is 1. The average molecular weight is 363 g/mol. The maximum Gasteiger partial charge on any atom is 0.323 e. The number of hydrogen-bond donors (Lipinski definition) is 1. The van der Waals surface area contributed by atoms with E-state index >= 15 is 0 Å². The molecule has 8 heteroatoms. The molecule has 0 spiro atoms. The number of methoxy groups -OCH3 is 2. The zero-order valence-electron chi connectivity index (χ0n) is 14.8. The molecule has 0 bridgehead atoms. The number of fused-ring (bicyclic) bond motifs is 1. The number of esters is 2. The summed E-state index contributed by atoms with van der Waals surface area (Å²) in [5.41, 5.74) is 0.823. The Morgan fingerprint density at radius 1 is 1.19 bits per heavy atom. The Bertz CT molecular complexity index is 702. The van der Waals surface area contributed by atoms with Crippen molar-refractivity contribution in [2.45, 2.75) is 25.3 Å². The summed E-state index contributed by atoms with van der Waals surface area (Å²) >= 11 is 0. The van der Waals surface area contributed by atoms with E-state index in [1.165, 1.54) is 14.0 Å². The lowest BCUT2D eigenvalue weighted by Gasteiger charge is -2.34. The molecule has 1 aromatic carbocycles. The predicted molar refractivity (Wildman–Crippen MR) is 88.2 cm³/mol. The van der Waals surface area contributed by atoms with Crippen LogP contribution in [0.25, 0.3) is 0 Å². The third-order valence-corrected chi connectivity index (χ3v) is 4.81. The Morgan fingerprint density at radius 3 is 2.46 bits per heavy atom. The molecule has 0 radical (unpaired) electrons. The number of hydrogen-bond acceptors (Lipinski definition) is 8. The van der Waals surface area contributed by atoms with E-state index in [0.717, 1.165) is 5.56 Å². The number of rotatable bonds is 4. The summed E-state index contributed by atoms with van der Waals surface area (Å²) in [6, 6.07) is 5.97. The van der Waals surface area contributed by atoms with Gasteiger partial charge in [0.25, 0.3) is 0 Å². The second-order valence-corrected chi connectivity index (χ2v) is 6.28. The fourth-order valence-corrected chi connectivity index (χ4v) is 3.68. The van der Waals surface area contributed by atoms with E-state index < -0.39 is 42.1 Å². The monoisotopic (exact) mass is 363 g/mol. The highest BCUT2D eigenvalue weighted by atomic mass is 16.7. The minimum absolute atomic E-state index is 0.155. The smallest absolute Gasteiger partial charge is 0.323 e. The van der Waals surface area contributed by atoms with E-state index in [9.17, 15) is 14.4 Å². The Labute approximate surface area is 150 Å². The predicted octanol–water partition coefficient (Wildman–Crippen LogP) is 0.602. The van der Waals surface area contributed by atoms with Crippen LogP contribution in [0.15, 0.2) is 24.3 Å². The molecule has 2 aliphatic rings. The van der Waals surface area contributed by atoms with Crippen LogP contribution in [0.4, 0.5) is 0 Å². The Morgan fingerprint density at radius 2 is 1.88 bits per heavy atom. The quantitative estimate of drug-likeness (QED) is 0.777. The lowest BCUT2D eigenvalue weighted by molar-refractivity contribution is -0.209. The van der Waals surface area contributed by atoms with Gasteiger partial charge in [0.05, 0.1) is 26.1 Å². The minimum atomic E-state index is -0.991. The van der Waals surface area contributed by atoms with Crippen molar-refractivity contribution in [1.29, 1.82) is 0 Å². The Balaban J connectivity index is 1.97. The van der Waals surface area contributed by atoms with Crippen molar-refractivity contribution in [1.82, 2.24) is 5.32 Å². The van der Waals surface area contributed by atoms with Crippen LogP contribution < -0.4 is 10.1 Å². The zero-order valence-corrected chi connectivity index (χ0v) is 14.8. The molecule has 1 N–H and O–H groups in total. The van der Waals surface area contributed by atoms with Gasteiger partial charge in [0, 0.05) is 13.0 Å². The van der Waals surface area contributed by atoms with Gasteiger partial charge in [0.15, 0.2) is 5.78 Å². The minimum Gasteiger partial charge on any atom is -0.497 e. The van der Waals surface area contributed by atoms with Gasteiger partial charge in [-0.05, 0) is 17.7 Å². The Hall–Kier alpha value is -2.45. The first-order valence-corrected chi connectivity index (χ1v) is 8.25. The summed E-state index contributed by atoms with van der Waals surface area (Å²) in [5.74, 6) is -1.79. The van der Waals surface area contributed by atoms with Gasteiger partial charge < -0.3 is 18.9 Å². The van der Waals surface area contributed by atoms with Crippen LogP contribution in [0, 0.1) is 11.8 Å². The molecule has 0 aromatic heterocycles. The van der Waals surface area contributed by atoms with Gasteiger partial charge in [-0.2, -0.15) is 0 Å². The Kier molecular flexibility index (Phi) is 5.24. The molecule has 0 amide bonds. The number of carbonyl (C=O) groups excluding carboxylic acids is 3. The van der Waals surface area contributed by atoms with Crippen LogP contribution in [-0.2, 0) is 28.6 Å². The molecule has 2 heterocycles. The van der Waals surface area contributed by atoms with Crippen molar-refractivity contribution in [3.8, 4) is 5.75 Å². The molecule has 0 unspecified atom stereocenters. The normalized spacial score (nSPS) is 30.4. The second kappa shape index (κ2) is 7.43. The first-order chi connectivity index (χ1) is 12.5. The van der Waals surface area contributed by atoms with Crippen molar-refractivity contribution in [2.24, 2.45) is 11.8 Å². The fraction of sp³-hybridized carbons (Fsp3) is 0.500. The molecular formula is C18H21NO7. The largest absolute Gasteiger partial charge is 0.497 e. The van der Waals surface area contributed by atoms with Crippen molar-refractivity contribution < 1.29 is 33.3 Å². The third kappa shape index (κ3) is 3.30. The van der Waals surface area contributed by atoms with Gasteiger partial charge in [0.2, 0.25) is 6.29 Å². The van der Waals surface area contributed by atoms with Crippen LogP contribution in [-0.4, -0.2) is 50.9 Å². The van der Waals surface area contributed by atoms with E-state index in [4.69, 9.17) is 18.9 Å². The molecule has 140 valence electrons. The summed E-state index contributed by atoms with van der Waals surface area (Å²) in [6.07, 6.45) is -0.991. The first kappa shape index (κ1) is 18.3. The van der Waals surface area contributed by atoms with E-state index in [1.807, 2.05) is 12.1 Å². The average Bonchev–Trinajstić information content (AvgIpc) is 3.05. The lowest BCUT2D eigenvalue weighted by atomic mass is 9.79. The number of Topliss-reactive ketones (excluding diaryl/α,β-unsaturated/α-hetero) is 1. The van der Waals surface area contributed by atoms with Crippen LogP contribution in [0.1, 0.15) is 18.5 Å². The van der Waals surface area contributed by atoms with E-state index in [-0.39, 0.29) is 12.4 Å². The summed E-state index contributed by atoms with van der Waals surface area (Å²) in [7, 11) is 2.84. The molecular weight excluding hydrogens is 342 g/mol.